The van der Waals surface area contributed by atoms with Crippen molar-refractivity contribution in [1.29, 1.82) is 0 Å². The van der Waals surface area contributed by atoms with Gasteiger partial charge >= 0.3 is 12.0 Å². The Hall–Kier alpha value is -2.28. The molecule has 0 spiro atoms. The molecule has 2 rings (SSSR count). The molecule has 0 bridgehead atoms. The summed E-state index contributed by atoms with van der Waals surface area (Å²) in [5.41, 5.74) is 0.00263. The highest BCUT2D eigenvalue weighted by Gasteiger charge is 2.21. The molecule has 108 valence electrons. The van der Waals surface area contributed by atoms with E-state index in [-0.39, 0.29) is 23.0 Å². The third-order valence-electron chi connectivity index (χ3n) is 3.21. The number of carboxylic acid groups (broad SMARTS) is 1. The molecule has 7 heteroatoms. The first-order chi connectivity index (χ1) is 9.45. The van der Waals surface area contributed by atoms with E-state index >= 15 is 0 Å². The highest BCUT2D eigenvalue weighted by Crippen LogP contribution is 2.21. The third kappa shape index (κ3) is 3.39. The normalized spacial score (nSPS) is 18.8. The SMILES string of the molecule is CN1CCC(NC(=O)Nc2ccc(O)cc2C(=O)O)C1. The fraction of sp³-hybridized carbons (Fsp3) is 0.385. The molecule has 2 amide bonds. The highest BCUT2D eigenvalue weighted by molar-refractivity contribution is 6.00. The number of amides is 2. The first-order valence-corrected chi connectivity index (χ1v) is 6.28. The molecule has 0 saturated carbocycles. The molecule has 4 N–H and O–H groups in total. The Balaban J connectivity index is 2.02. The molecule has 1 unspecified atom stereocenters. The molecule has 7 nitrogen and oxygen atoms in total. The van der Waals surface area contributed by atoms with Gasteiger partial charge < -0.3 is 25.7 Å². The zero-order valence-corrected chi connectivity index (χ0v) is 11.1. The van der Waals surface area contributed by atoms with Gasteiger partial charge in [0.05, 0.1) is 11.3 Å². The average Bonchev–Trinajstić information content (AvgIpc) is 2.76. The van der Waals surface area contributed by atoms with E-state index in [1.54, 1.807) is 0 Å². The predicted octanol–water partition coefficient (Wildman–Crippen LogP) is 0.916. The number of nitrogens with one attached hydrogen (secondary N) is 2. The number of anilines is 1. The van der Waals surface area contributed by atoms with Gasteiger partial charge in [-0.2, -0.15) is 0 Å². The molecular weight excluding hydrogens is 262 g/mol. The second kappa shape index (κ2) is 5.79. The van der Waals surface area contributed by atoms with Crippen LogP contribution in [0.3, 0.4) is 0 Å². The van der Waals surface area contributed by atoms with Crippen LogP contribution in [0.1, 0.15) is 16.8 Å². The second-order valence-corrected chi connectivity index (χ2v) is 4.88. The van der Waals surface area contributed by atoms with Gasteiger partial charge in [-0.3, -0.25) is 0 Å². The number of phenolic OH excluding ortho intramolecular Hbond substituents is 1. The van der Waals surface area contributed by atoms with E-state index in [1.807, 2.05) is 7.05 Å². The van der Waals surface area contributed by atoms with Crippen molar-refractivity contribution in [3.8, 4) is 5.75 Å². The largest absolute Gasteiger partial charge is 0.508 e. The van der Waals surface area contributed by atoms with Gasteiger partial charge in [-0.15, -0.1) is 0 Å². The van der Waals surface area contributed by atoms with Crippen LogP contribution < -0.4 is 10.6 Å². The lowest BCUT2D eigenvalue weighted by Gasteiger charge is -2.14. The van der Waals surface area contributed by atoms with Gasteiger partial charge in [-0.25, -0.2) is 9.59 Å². The average molecular weight is 279 g/mol. The van der Waals surface area contributed by atoms with E-state index in [9.17, 15) is 14.7 Å². The van der Waals surface area contributed by atoms with Crippen LogP contribution in [0.15, 0.2) is 18.2 Å². The number of carboxylic acids is 1. The third-order valence-corrected chi connectivity index (χ3v) is 3.21. The molecule has 1 aromatic rings. The second-order valence-electron chi connectivity index (χ2n) is 4.88. The van der Waals surface area contributed by atoms with Crippen molar-refractivity contribution in [2.75, 3.05) is 25.5 Å². The molecule has 0 aromatic heterocycles. The minimum Gasteiger partial charge on any atom is -0.508 e. The number of carbonyl (C=O) groups excluding carboxylic acids is 1. The van der Waals surface area contributed by atoms with Crippen molar-refractivity contribution < 1.29 is 19.8 Å². The number of likely N-dealkylation sites (N-methyl/N-ethyl adjacent to an activating group) is 1. The van der Waals surface area contributed by atoms with Crippen molar-refractivity contribution in [3.05, 3.63) is 23.8 Å². The highest BCUT2D eigenvalue weighted by atomic mass is 16.4. The Kier molecular flexibility index (Phi) is 4.09. The zero-order chi connectivity index (χ0) is 14.7. The number of benzene rings is 1. The Labute approximate surface area is 116 Å². The number of aromatic hydroxyl groups is 1. The lowest BCUT2D eigenvalue weighted by atomic mass is 10.1. The number of likely N-dealkylation sites (tertiary alicyclic amines) is 1. The molecule has 1 atom stereocenters. The van der Waals surface area contributed by atoms with Crippen molar-refractivity contribution in [3.63, 3.8) is 0 Å². The summed E-state index contributed by atoms with van der Waals surface area (Å²) in [6.45, 7) is 1.69. The topological polar surface area (TPSA) is 102 Å². The molecule has 1 aliphatic heterocycles. The van der Waals surface area contributed by atoms with Crippen LogP contribution in [0.4, 0.5) is 10.5 Å². The van der Waals surface area contributed by atoms with Gasteiger partial charge in [-0.1, -0.05) is 0 Å². The smallest absolute Gasteiger partial charge is 0.337 e. The Bertz CT molecular complexity index is 532. The summed E-state index contributed by atoms with van der Waals surface area (Å²) in [5.74, 6) is -1.37. The van der Waals surface area contributed by atoms with Crippen LogP contribution in [0.2, 0.25) is 0 Å². The van der Waals surface area contributed by atoms with Crippen molar-refractivity contribution in [1.82, 2.24) is 10.2 Å². The van der Waals surface area contributed by atoms with Crippen LogP contribution >= 0.6 is 0 Å². The summed E-state index contributed by atoms with van der Waals surface area (Å²) < 4.78 is 0. The van der Waals surface area contributed by atoms with E-state index in [4.69, 9.17) is 5.11 Å². The van der Waals surface area contributed by atoms with E-state index < -0.39 is 12.0 Å². The van der Waals surface area contributed by atoms with Crippen LogP contribution in [-0.4, -0.2) is 53.3 Å². The summed E-state index contributed by atoms with van der Waals surface area (Å²) in [4.78, 5) is 25.0. The van der Waals surface area contributed by atoms with E-state index in [2.05, 4.69) is 15.5 Å². The molecule has 0 aliphatic carbocycles. The number of phenols is 1. The van der Waals surface area contributed by atoms with Crippen LogP contribution in [-0.2, 0) is 0 Å². The Morgan fingerprint density at radius 1 is 1.40 bits per heavy atom. The standard InChI is InChI=1S/C13H17N3O4/c1-16-5-4-8(7-16)14-13(20)15-11-3-2-9(17)6-10(11)12(18)19/h2-3,6,8,17H,4-5,7H2,1H3,(H,18,19)(H2,14,15,20). The lowest BCUT2D eigenvalue weighted by molar-refractivity contribution is 0.0697. The molecule has 1 aromatic carbocycles. The first kappa shape index (κ1) is 14.1. The Morgan fingerprint density at radius 3 is 2.75 bits per heavy atom. The van der Waals surface area contributed by atoms with Crippen molar-refractivity contribution >= 4 is 17.7 Å². The van der Waals surface area contributed by atoms with Crippen LogP contribution in [0.25, 0.3) is 0 Å². The van der Waals surface area contributed by atoms with Crippen LogP contribution in [0, 0.1) is 0 Å². The summed E-state index contributed by atoms with van der Waals surface area (Å²) in [7, 11) is 1.97. The minimum absolute atomic E-state index is 0.0605. The van der Waals surface area contributed by atoms with Crippen molar-refractivity contribution in [2.24, 2.45) is 0 Å². The fourth-order valence-electron chi connectivity index (χ4n) is 2.21. The molecule has 1 saturated heterocycles. The van der Waals surface area contributed by atoms with Gasteiger partial charge in [-0.05, 0) is 38.2 Å². The Morgan fingerprint density at radius 2 is 2.15 bits per heavy atom. The monoisotopic (exact) mass is 279 g/mol. The van der Waals surface area contributed by atoms with Crippen LogP contribution in [0.5, 0.6) is 5.75 Å². The summed E-state index contributed by atoms with van der Waals surface area (Å²) in [6, 6.07) is 3.40. The summed E-state index contributed by atoms with van der Waals surface area (Å²) in [6.07, 6.45) is 0.866. The van der Waals surface area contributed by atoms with E-state index in [0.717, 1.165) is 25.6 Å². The lowest BCUT2D eigenvalue weighted by Crippen LogP contribution is -2.39. The summed E-state index contributed by atoms with van der Waals surface area (Å²) >= 11 is 0. The number of nitrogens with zero attached hydrogens (tertiary/aromatic N) is 1. The number of rotatable bonds is 3. The number of urea groups is 1. The molecule has 20 heavy (non-hydrogen) atoms. The number of carbonyl (C=O) groups is 2. The predicted molar refractivity (Wildman–Crippen MR) is 73.1 cm³/mol. The van der Waals surface area contributed by atoms with Gasteiger partial charge in [0.2, 0.25) is 0 Å². The quantitative estimate of drug-likeness (QED) is 0.616. The van der Waals surface area contributed by atoms with E-state index in [1.165, 1.54) is 12.1 Å². The van der Waals surface area contributed by atoms with Gasteiger partial charge in [0.1, 0.15) is 5.75 Å². The number of hydrogen-bond acceptors (Lipinski definition) is 4. The maximum Gasteiger partial charge on any atom is 0.337 e. The molecular formula is C13H17N3O4. The van der Waals surface area contributed by atoms with Gasteiger partial charge in [0, 0.05) is 12.6 Å². The van der Waals surface area contributed by atoms with Crippen molar-refractivity contribution in [2.45, 2.75) is 12.5 Å². The first-order valence-electron chi connectivity index (χ1n) is 6.28. The number of aromatic carboxylic acids is 1. The van der Waals surface area contributed by atoms with Gasteiger partial charge in [0.15, 0.2) is 0 Å². The maximum atomic E-state index is 11.8. The van der Waals surface area contributed by atoms with E-state index in [0.29, 0.717) is 0 Å². The molecule has 1 fully saturated rings. The zero-order valence-electron chi connectivity index (χ0n) is 11.1. The molecule has 1 aliphatic rings. The minimum atomic E-state index is -1.21. The fourth-order valence-corrected chi connectivity index (χ4v) is 2.21. The molecule has 1 heterocycles. The summed E-state index contributed by atoms with van der Waals surface area (Å²) in [5, 5.41) is 23.6. The molecule has 0 radical (unpaired) electrons. The maximum absolute atomic E-state index is 11.8. The number of hydrogen-bond donors (Lipinski definition) is 4. The van der Waals surface area contributed by atoms with Gasteiger partial charge in [0.25, 0.3) is 0 Å².